The standard InChI is InChI=1S/C20H19Cl2NO4/c1-3-27-16-7-5-4-6-13(16)11-23-18-15(22)9-8-14(21)17(18)20(26,19(23)25)10-12(2)24/h4-9,26H,3,10-11H2,1-2H3/t20-/m1/s1. The number of amides is 1. The molecular weight excluding hydrogens is 389 g/mol. The zero-order chi connectivity index (χ0) is 19.8. The average Bonchev–Trinajstić information content (AvgIpc) is 2.82. The van der Waals surface area contributed by atoms with Crippen LogP contribution < -0.4 is 9.64 Å². The predicted molar refractivity (Wildman–Crippen MR) is 104 cm³/mol. The number of hydrogen-bond acceptors (Lipinski definition) is 4. The molecule has 142 valence electrons. The first kappa shape index (κ1) is 19.7. The molecule has 1 N–H and O–H groups in total. The lowest BCUT2D eigenvalue weighted by atomic mass is 9.90. The summed E-state index contributed by atoms with van der Waals surface area (Å²) in [5.41, 5.74) is -0.791. The second kappa shape index (κ2) is 7.50. The average molecular weight is 408 g/mol. The maximum atomic E-state index is 13.2. The van der Waals surface area contributed by atoms with Gasteiger partial charge in [-0.2, -0.15) is 0 Å². The van der Waals surface area contributed by atoms with Gasteiger partial charge in [-0.15, -0.1) is 0 Å². The van der Waals surface area contributed by atoms with Gasteiger partial charge in [-0.1, -0.05) is 41.4 Å². The van der Waals surface area contributed by atoms with Crippen molar-refractivity contribution in [2.75, 3.05) is 11.5 Å². The van der Waals surface area contributed by atoms with Crippen LogP contribution in [0.4, 0.5) is 5.69 Å². The topological polar surface area (TPSA) is 66.8 Å². The van der Waals surface area contributed by atoms with Crippen molar-refractivity contribution in [2.24, 2.45) is 0 Å². The van der Waals surface area contributed by atoms with Gasteiger partial charge in [-0.05, 0) is 32.0 Å². The van der Waals surface area contributed by atoms with Gasteiger partial charge in [0.05, 0.1) is 23.9 Å². The van der Waals surface area contributed by atoms with Crippen LogP contribution in [0, 0.1) is 0 Å². The molecule has 1 atom stereocenters. The van der Waals surface area contributed by atoms with Crippen molar-refractivity contribution in [3.05, 3.63) is 57.6 Å². The van der Waals surface area contributed by atoms with E-state index in [9.17, 15) is 14.7 Å². The van der Waals surface area contributed by atoms with E-state index >= 15 is 0 Å². The summed E-state index contributed by atoms with van der Waals surface area (Å²) in [6, 6.07) is 10.4. The molecule has 0 saturated carbocycles. The monoisotopic (exact) mass is 407 g/mol. The summed E-state index contributed by atoms with van der Waals surface area (Å²) < 4.78 is 5.63. The number of benzene rings is 2. The lowest BCUT2D eigenvalue weighted by Gasteiger charge is -2.23. The first-order chi connectivity index (χ1) is 12.8. The Morgan fingerprint density at radius 2 is 1.85 bits per heavy atom. The number of hydrogen-bond donors (Lipinski definition) is 1. The lowest BCUT2D eigenvalue weighted by molar-refractivity contribution is -0.141. The molecule has 2 aromatic rings. The fourth-order valence-electron chi connectivity index (χ4n) is 3.41. The maximum absolute atomic E-state index is 13.2. The fourth-order valence-corrected chi connectivity index (χ4v) is 3.97. The molecule has 5 nitrogen and oxygen atoms in total. The second-order valence-corrected chi connectivity index (χ2v) is 7.24. The highest BCUT2D eigenvalue weighted by Gasteiger charge is 2.52. The molecule has 1 heterocycles. The maximum Gasteiger partial charge on any atom is 0.264 e. The van der Waals surface area contributed by atoms with E-state index < -0.39 is 11.5 Å². The van der Waals surface area contributed by atoms with Crippen LogP contribution in [0.1, 0.15) is 31.4 Å². The summed E-state index contributed by atoms with van der Waals surface area (Å²) in [4.78, 5) is 26.3. The van der Waals surface area contributed by atoms with E-state index in [2.05, 4.69) is 0 Å². The van der Waals surface area contributed by atoms with Gasteiger partial charge in [-0.25, -0.2) is 0 Å². The van der Waals surface area contributed by atoms with Crippen LogP contribution in [-0.4, -0.2) is 23.4 Å². The number of ketones is 1. The fraction of sp³-hybridized carbons (Fsp3) is 0.300. The van der Waals surface area contributed by atoms with Crippen LogP contribution in [0.25, 0.3) is 0 Å². The van der Waals surface area contributed by atoms with Gasteiger partial charge in [-0.3, -0.25) is 9.59 Å². The third kappa shape index (κ3) is 3.43. The molecule has 1 aliphatic heterocycles. The third-order valence-corrected chi connectivity index (χ3v) is 5.09. The molecule has 0 unspecified atom stereocenters. The van der Waals surface area contributed by atoms with Crippen LogP contribution in [-0.2, 0) is 21.7 Å². The van der Waals surface area contributed by atoms with Gasteiger partial charge in [0.2, 0.25) is 0 Å². The number of rotatable bonds is 6. The van der Waals surface area contributed by atoms with Crippen molar-refractivity contribution in [1.82, 2.24) is 0 Å². The smallest absolute Gasteiger partial charge is 0.264 e. The van der Waals surface area contributed by atoms with E-state index in [1.165, 1.54) is 17.9 Å². The third-order valence-electron chi connectivity index (χ3n) is 4.47. The Balaban J connectivity index is 2.12. The van der Waals surface area contributed by atoms with Gasteiger partial charge in [0, 0.05) is 22.6 Å². The summed E-state index contributed by atoms with van der Waals surface area (Å²) >= 11 is 12.6. The summed E-state index contributed by atoms with van der Waals surface area (Å²) in [6.45, 7) is 3.79. The molecule has 0 spiro atoms. The van der Waals surface area contributed by atoms with E-state index in [0.29, 0.717) is 18.0 Å². The van der Waals surface area contributed by atoms with Crippen molar-refractivity contribution >= 4 is 40.6 Å². The van der Waals surface area contributed by atoms with E-state index in [4.69, 9.17) is 27.9 Å². The van der Waals surface area contributed by atoms with Gasteiger partial charge < -0.3 is 14.7 Å². The number of nitrogens with zero attached hydrogens (tertiary/aromatic N) is 1. The summed E-state index contributed by atoms with van der Waals surface area (Å²) in [6.07, 6.45) is -0.373. The van der Waals surface area contributed by atoms with Gasteiger partial charge in [0.1, 0.15) is 11.5 Å². The predicted octanol–water partition coefficient (Wildman–Crippen LogP) is 4.11. The highest BCUT2D eigenvalue weighted by atomic mass is 35.5. The summed E-state index contributed by atoms with van der Waals surface area (Å²) in [5, 5.41) is 11.6. The minimum absolute atomic E-state index is 0.127. The Labute approximate surface area is 167 Å². The number of fused-ring (bicyclic) bond motifs is 1. The van der Waals surface area contributed by atoms with Crippen LogP contribution in [0.2, 0.25) is 10.0 Å². The molecule has 0 saturated heterocycles. The molecule has 27 heavy (non-hydrogen) atoms. The number of aliphatic hydroxyl groups is 1. The molecule has 0 fully saturated rings. The molecular formula is C20H19Cl2NO4. The van der Waals surface area contributed by atoms with E-state index in [1.54, 1.807) is 6.07 Å². The molecule has 0 aliphatic carbocycles. The minimum Gasteiger partial charge on any atom is -0.494 e. The van der Waals surface area contributed by atoms with E-state index in [0.717, 1.165) is 5.56 Å². The molecule has 3 rings (SSSR count). The molecule has 0 radical (unpaired) electrons. The Bertz CT molecular complexity index is 915. The van der Waals surface area contributed by atoms with Crippen molar-refractivity contribution in [3.63, 3.8) is 0 Å². The lowest BCUT2D eigenvalue weighted by Crippen LogP contribution is -2.41. The molecule has 0 aromatic heterocycles. The number of ether oxygens (including phenoxy) is 1. The summed E-state index contributed by atoms with van der Waals surface area (Å²) in [5.74, 6) is -0.326. The SMILES string of the molecule is CCOc1ccccc1CN1C(=O)[C@@](O)(CC(C)=O)c2c(Cl)ccc(Cl)c21. The van der Waals surface area contributed by atoms with Crippen molar-refractivity contribution in [3.8, 4) is 5.75 Å². The zero-order valence-corrected chi connectivity index (χ0v) is 16.5. The number of anilines is 1. The zero-order valence-electron chi connectivity index (χ0n) is 15.0. The number of carbonyl (C=O) groups is 2. The van der Waals surface area contributed by atoms with Crippen molar-refractivity contribution in [1.29, 1.82) is 0 Å². The Morgan fingerprint density at radius 3 is 2.52 bits per heavy atom. The first-order valence-electron chi connectivity index (χ1n) is 8.52. The summed E-state index contributed by atoms with van der Waals surface area (Å²) in [7, 11) is 0. The Morgan fingerprint density at radius 1 is 1.19 bits per heavy atom. The molecule has 1 aliphatic rings. The van der Waals surface area contributed by atoms with Gasteiger partial charge in [0.15, 0.2) is 5.60 Å². The van der Waals surface area contributed by atoms with Gasteiger partial charge in [0.25, 0.3) is 5.91 Å². The molecule has 1 amide bonds. The van der Waals surface area contributed by atoms with E-state index in [-0.39, 0.29) is 34.4 Å². The first-order valence-corrected chi connectivity index (χ1v) is 9.28. The number of Topliss-reactive ketones (excluding diaryl/α,β-unsaturated/α-hetero) is 1. The normalized spacial score (nSPS) is 18.6. The van der Waals surface area contributed by atoms with Crippen LogP contribution in [0.15, 0.2) is 36.4 Å². The molecule has 2 aromatic carbocycles. The number of halogens is 2. The number of para-hydroxylation sites is 1. The Hall–Kier alpha value is -2.08. The van der Waals surface area contributed by atoms with Crippen LogP contribution in [0.3, 0.4) is 0 Å². The Kier molecular flexibility index (Phi) is 5.47. The minimum atomic E-state index is -2.04. The number of carbonyl (C=O) groups excluding carboxylic acids is 2. The largest absolute Gasteiger partial charge is 0.494 e. The molecule has 0 bridgehead atoms. The van der Waals surface area contributed by atoms with Crippen LogP contribution in [0.5, 0.6) is 5.75 Å². The van der Waals surface area contributed by atoms with Gasteiger partial charge >= 0.3 is 0 Å². The van der Waals surface area contributed by atoms with Crippen molar-refractivity contribution in [2.45, 2.75) is 32.4 Å². The molecule has 7 heteroatoms. The second-order valence-electron chi connectivity index (χ2n) is 6.42. The highest BCUT2D eigenvalue weighted by Crippen LogP contribution is 2.50. The highest BCUT2D eigenvalue weighted by molar-refractivity contribution is 6.38. The van der Waals surface area contributed by atoms with Crippen LogP contribution >= 0.6 is 23.2 Å². The van der Waals surface area contributed by atoms with Crippen molar-refractivity contribution < 1.29 is 19.4 Å². The van der Waals surface area contributed by atoms with E-state index in [1.807, 2.05) is 31.2 Å². The quantitative estimate of drug-likeness (QED) is 0.782.